The first kappa shape index (κ1) is 19.5. The molecule has 0 aromatic heterocycles. The van der Waals surface area contributed by atoms with Gasteiger partial charge in [-0.1, -0.05) is 37.3 Å². The maximum atomic E-state index is 12.5. The van der Waals surface area contributed by atoms with Crippen LogP contribution < -0.4 is 5.32 Å². The molecule has 0 heterocycles. The van der Waals surface area contributed by atoms with Crippen LogP contribution in [-0.4, -0.2) is 18.5 Å². The van der Waals surface area contributed by atoms with Crippen molar-refractivity contribution in [2.75, 3.05) is 11.9 Å². The molecule has 26 heavy (non-hydrogen) atoms. The summed E-state index contributed by atoms with van der Waals surface area (Å²) in [6.45, 7) is 1.38. The zero-order valence-electron chi connectivity index (χ0n) is 14.0. The molecule has 0 unspecified atom stereocenters. The van der Waals surface area contributed by atoms with Gasteiger partial charge in [0.15, 0.2) is 6.61 Å². The van der Waals surface area contributed by atoms with Gasteiger partial charge in [-0.05, 0) is 35.7 Å². The fraction of sp³-hybridized carbons (Fsp3) is 0.263. The summed E-state index contributed by atoms with van der Waals surface area (Å²) in [5.41, 5.74) is 0.368. The lowest BCUT2D eigenvalue weighted by atomic mass is 9.98. The van der Waals surface area contributed by atoms with Crippen molar-refractivity contribution >= 4 is 17.6 Å². The van der Waals surface area contributed by atoms with Crippen molar-refractivity contribution in [2.24, 2.45) is 0 Å². The molecule has 7 heteroatoms. The fourth-order valence-corrected chi connectivity index (χ4v) is 2.29. The van der Waals surface area contributed by atoms with E-state index in [0.29, 0.717) is 0 Å². The molecule has 0 aliphatic carbocycles. The highest BCUT2D eigenvalue weighted by molar-refractivity contribution is 5.92. The maximum Gasteiger partial charge on any atom is 0.416 e. The van der Waals surface area contributed by atoms with Gasteiger partial charge in [-0.25, -0.2) is 0 Å². The molecular formula is C19H18F3NO3. The Morgan fingerprint density at radius 3 is 2.23 bits per heavy atom. The van der Waals surface area contributed by atoms with Gasteiger partial charge in [-0.2, -0.15) is 13.2 Å². The molecule has 138 valence electrons. The van der Waals surface area contributed by atoms with Gasteiger partial charge in [0.2, 0.25) is 0 Å². The Kier molecular flexibility index (Phi) is 6.38. The van der Waals surface area contributed by atoms with E-state index in [-0.39, 0.29) is 18.0 Å². The molecule has 0 aliphatic heterocycles. The monoisotopic (exact) mass is 365 g/mol. The molecule has 4 nitrogen and oxygen atoms in total. The van der Waals surface area contributed by atoms with Crippen molar-refractivity contribution in [3.8, 4) is 0 Å². The van der Waals surface area contributed by atoms with Crippen LogP contribution in [0.3, 0.4) is 0 Å². The third-order valence-corrected chi connectivity index (χ3v) is 3.70. The van der Waals surface area contributed by atoms with E-state index in [0.717, 1.165) is 29.8 Å². The van der Waals surface area contributed by atoms with Gasteiger partial charge in [-0.3, -0.25) is 9.59 Å². The normalized spacial score (nSPS) is 12.3. The van der Waals surface area contributed by atoms with E-state index < -0.39 is 30.2 Å². The van der Waals surface area contributed by atoms with Crippen LogP contribution in [0.4, 0.5) is 18.9 Å². The first-order valence-electron chi connectivity index (χ1n) is 7.93. The van der Waals surface area contributed by atoms with Crippen molar-refractivity contribution in [2.45, 2.75) is 25.4 Å². The summed E-state index contributed by atoms with van der Waals surface area (Å²) in [7, 11) is 0. The minimum Gasteiger partial charge on any atom is -0.456 e. The fourth-order valence-electron chi connectivity index (χ4n) is 2.29. The summed E-state index contributed by atoms with van der Waals surface area (Å²) in [5, 5.41) is 2.38. The third kappa shape index (κ3) is 5.91. The van der Waals surface area contributed by atoms with Crippen molar-refractivity contribution in [1.29, 1.82) is 0 Å². The summed E-state index contributed by atoms with van der Waals surface area (Å²) >= 11 is 0. The van der Waals surface area contributed by atoms with E-state index in [4.69, 9.17) is 4.74 Å². The Morgan fingerprint density at radius 2 is 1.65 bits per heavy atom. The number of hydrogen-bond acceptors (Lipinski definition) is 3. The van der Waals surface area contributed by atoms with Gasteiger partial charge < -0.3 is 10.1 Å². The van der Waals surface area contributed by atoms with E-state index >= 15 is 0 Å². The Balaban J connectivity index is 1.78. The van der Waals surface area contributed by atoms with Gasteiger partial charge in [0.25, 0.3) is 5.91 Å². The molecule has 0 aliphatic rings. The molecular weight excluding hydrogens is 347 g/mol. The lowest BCUT2D eigenvalue weighted by Gasteiger charge is -2.12. The first-order chi connectivity index (χ1) is 12.3. The van der Waals surface area contributed by atoms with E-state index in [1.165, 1.54) is 0 Å². The molecule has 1 N–H and O–H groups in total. The van der Waals surface area contributed by atoms with Crippen molar-refractivity contribution in [3.05, 3.63) is 65.7 Å². The van der Waals surface area contributed by atoms with Gasteiger partial charge in [0.05, 0.1) is 12.0 Å². The number of alkyl halides is 3. The molecule has 0 radical (unpaired) electrons. The van der Waals surface area contributed by atoms with Gasteiger partial charge in [0, 0.05) is 5.69 Å². The largest absolute Gasteiger partial charge is 0.456 e. The molecule has 0 saturated heterocycles. The van der Waals surface area contributed by atoms with Gasteiger partial charge in [-0.15, -0.1) is 0 Å². The second kappa shape index (κ2) is 8.51. The van der Waals surface area contributed by atoms with Crippen LogP contribution >= 0.6 is 0 Å². The van der Waals surface area contributed by atoms with Crippen LogP contribution in [0, 0.1) is 0 Å². The zero-order chi connectivity index (χ0) is 19.2. The zero-order valence-corrected chi connectivity index (χ0v) is 14.0. The molecule has 2 aromatic rings. The Hall–Kier alpha value is -2.83. The number of amides is 1. The number of halogens is 3. The summed E-state index contributed by atoms with van der Waals surface area (Å²) in [6.07, 6.45) is -4.31. The minimum atomic E-state index is -4.44. The molecule has 0 spiro atoms. The topological polar surface area (TPSA) is 55.4 Å². The number of nitrogens with one attached hydrogen (secondary N) is 1. The van der Waals surface area contributed by atoms with Crippen LogP contribution in [0.25, 0.3) is 0 Å². The SMILES string of the molecule is C[C@@H](CC(=O)OCC(=O)Nc1ccc(C(F)(F)F)cc1)c1ccccc1. The molecule has 1 amide bonds. The average molecular weight is 365 g/mol. The summed E-state index contributed by atoms with van der Waals surface area (Å²) in [6, 6.07) is 13.4. The van der Waals surface area contributed by atoms with Gasteiger partial charge >= 0.3 is 12.1 Å². The number of carbonyl (C=O) groups is 2. The van der Waals surface area contributed by atoms with E-state index in [2.05, 4.69) is 5.32 Å². The Bertz CT molecular complexity index is 743. The van der Waals surface area contributed by atoms with Crippen LogP contribution in [-0.2, 0) is 20.5 Å². The van der Waals surface area contributed by atoms with E-state index in [9.17, 15) is 22.8 Å². The number of carbonyl (C=O) groups excluding carboxylic acids is 2. The van der Waals surface area contributed by atoms with Crippen molar-refractivity contribution in [1.82, 2.24) is 0 Å². The number of anilines is 1. The lowest BCUT2D eigenvalue weighted by molar-refractivity contribution is -0.147. The molecule has 0 bridgehead atoms. The highest BCUT2D eigenvalue weighted by Crippen LogP contribution is 2.29. The molecule has 0 fully saturated rings. The highest BCUT2D eigenvalue weighted by atomic mass is 19.4. The summed E-state index contributed by atoms with van der Waals surface area (Å²) in [5.74, 6) is -1.20. The number of esters is 1. The minimum absolute atomic E-state index is 0.0540. The van der Waals surface area contributed by atoms with Crippen LogP contribution in [0.15, 0.2) is 54.6 Å². The first-order valence-corrected chi connectivity index (χ1v) is 7.93. The number of hydrogen-bond donors (Lipinski definition) is 1. The van der Waals surface area contributed by atoms with Crippen molar-refractivity contribution in [3.63, 3.8) is 0 Å². The lowest BCUT2D eigenvalue weighted by Crippen LogP contribution is -2.21. The molecule has 2 rings (SSSR count). The highest BCUT2D eigenvalue weighted by Gasteiger charge is 2.30. The molecule has 0 saturated carbocycles. The average Bonchev–Trinajstić information content (AvgIpc) is 2.60. The molecule has 1 atom stereocenters. The Labute approximate surface area is 149 Å². The van der Waals surface area contributed by atoms with Crippen LogP contribution in [0.1, 0.15) is 30.4 Å². The summed E-state index contributed by atoms with van der Waals surface area (Å²) in [4.78, 5) is 23.6. The second-order valence-electron chi connectivity index (χ2n) is 5.80. The number of benzene rings is 2. The number of rotatable bonds is 6. The standard InChI is InChI=1S/C19H18F3NO3/c1-13(14-5-3-2-4-6-14)11-18(25)26-12-17(24)23-16-9-7-15(8-10-16)19(20,21)22/h2-10,13H,11-12H2,1H3,(H,23,24)/t13-/m0/s1. The van der Waals surface area contributed by atoms with Crippen LogP contribution in [0.2, 0.25) is 0 Å². The Morgan fingerprint density at radius 1 is 1.04 bits per heavy atom. The predicted molar refractivity (Wildman–Crippen MR) is 90.5 cm³/mol. The quantitative estimate of drug-likeness (QED) is 0.773. The smallest absolute Gasteiger partial charge is 0.416 e. The third-order valence-electron chi connectivity index (χ3n) is 3.70. The van der Waals surface area contributed by atoms with E-state index in [1.807, 2.05) is 37.3 Å². The summed E-state index contributed by atoms with van der Waals surface area (Å²) < 4.78 is 42.3. The second-order valence-corrected chi connectivity index (χ2v) is 5.80. The maximum absolute atomic E-state index is 12.5. The number of ether oxygens (including phenoxy) is 1. The predicted octanol–water partition coefficient (Wildman–Crippen LogP) is 4.38. The van der Waals surface area contributed by atoms with E-state index in [1.54, 1.807) is 0 Å². The van der Waals surface area contributed by atoms with Crippen LogP contribution in [0.5, 0.6) is 0 Å². The molecule has 2 aromatic carbocycles. The van der Waals surface area contributed by atoms with Crippen molar-refractivity contribution < 1.29 is 27.5 Å². The van der Waals surface area contributed by atoms with Gasteiger partial charge in [0.1, 0.15) is 0 Å².